The molecule has 0 saturated carbocycles. The summed E-state index contributed by atoms with van der Waals surface area (Å²) in [5.41, 5.74) is 0.203. The van der Waals surface area contributed by atoms with Crippen molar-refractivity contribution in [2.75, 3.05) is 13.2 Å². The van der Waals surface area contributed by atoms with Crippen LogP contribution in [0.3, 0.4) is 0 Å². The van der Waals surface area contributed by atoms with Gasteiger partial charge in [-0.1, -0.05) is 34.1 Å². The van der Waals surface area contributed by atoms with Crippen LogP contribution in [0.2, 0.25) is 6.32 Å². The van der Waals surface area contributed by atoms with Gasteiger partial charge in [-0.2, -0.15) is 0 Å². The Hall–Kier alpha value is -0.0151. The average molecular weight is 184 g/mol. The Balaban J connectivity index is 2.18. The molecule has 1 aliphatic rings. The quantitative estimate of drug-likeness (QED) is 0.627. The SMILES string of the molecule is CC(C)CCB1OCC(C)(C)CO1. The third kappa shape index (κ3) is 4.14. The van der Waals surface area contributed by atoms with E-state index in [9.17, 15) is 0 Å². The fraction of sp³-hybridized carbons (Fsp3) is 1.00. The molecule has 0 unspecified atom stereocenters. The zero-order valence-electron chi connectivity index (χ0n) is 9.30. The summed E-state index contributed by atoms with van der Waals surface area (Å²) in [6.45, 7) is 10.5. The van der Waals surface area contributed by atoms with E-state index >= 15 is 0 Å². The highest BCUT2D eigenvalue weighted by Gasteiger charge is 2.31. The fourth-order valence-electron chi connectivity index (χ4n) is 1.36. The summed E-state index contributed by atoms with van der Waals surface area (Å²) in [4.78, 5) is 0. The summed E-state index contributed by atoms with van der Waals surface area (Å²) in [5.74, 6) is 0.738. The highest BCUT2D eigenvalue weighted by Crippen LogP contribution is 2.23. The average Bonchev–Trinajstić information content (AvgIpc) is 2.02. The standard InChI is InChI=1S/C10H21BO2/c1-9(2)5-6-11-12-7-10(3,4)8-13-11/h9H,5-8H2,1-4H3. The summed E-state index contributed by atoms with van der Waals surface area (Å²) < 4.78 is 11.2. The third-order valence-electron chi connectivity index (χ3n) is 2.30. The van der Waals surface area contributed by atoms with E-state index in [4.69, 9.17) is 9.31 Å². The lowest BCUT2D eigenvalue weighted by Gasteiger charge is -2.33. The van der Waals surface area contributed by atoms with Crippen molar-refractivity contribution < 1.29 is 9.31 Å². The van der Waals surface area contributed by atoms with E-state index in [2.05, 4.69) is 27.7 Å². The van der Waals surface area contributed by atoms with Gasteiger partial charge in [0.15, 0.2) is 0 Å². The van der Waals surface area contributed by atoms with Gasteiger partial charge in [0, 0.05) is 18.6 Å². The Kier molecular flexibility index (Phi) is 3.80. The molecule has 2 nitrogen and oxygen atoms in total. The molecule has 0 atom stereocenters. The van der Waals surface area contributed by atoms with Gasteiger partial charge in [0.25, 0.3) is 0 Å². The first-order valence-electron chi connectivity index (χ1n) is 5.23. The van der Waals surface area contributed by atoms with Crippen molar-refractivity contribution in [3.63, 3.8) is 0 Å². The van der Waals surface area contributed by atoms with Crippen LogP contribution >= 0.6 is 0 Å². The molecular formula is C10H21BO2. The van der Waals surface area contributed by atoms with Crippen molar-refractivity contribution in [1.82, 2.24) is 0 Å². The van der Waals surface area contributed by atoms with E-state index in [1.807, 2.05) is 0 Å². The molecule has 0 aromatic rings. The third-order valence-corrected chi connectivity index (χ3v) is 2.30. The van der Waals surface area contributed by atoms with Gasteiger partial charge in [-0.15, -0.1) is 0 Å². The molecule has 0 amide bonds. The normalized spacial score (nSPS) is 22.4. The summed E-state index contributed by atoms with van der Waals surface area (Å²) in [5, 5.41) is 0. The Morgan fingerprint density at radius 2 is 1.77 bits per heavy atom. The second-order valence-electron chi connectivity index (χ2n) is 5.19. The van der Waals surface area contributed by atoms with Gasteiger partial charge >= 0.3 is 7.12 Å². The van der Waals surface area contributed by atoms with Gasteiger partial charge in [-0.05, 0) is 12.2 Å². The highest BCUT2D eigenvalue weighted by molar-refractivity contribution is 6.44. The minimum Gasteiger partial charge on any atom is -0.410 e. The van der Waals surface area contributed by atoms with Crippen molar-refractivity contribution in [2.24, 2.45) is 11.3 Å². The first-order chi connectivity index (χ1) is 5.99. The summed E-state index contributed by atoms with van der Waals surface area (Å²) in [6.07, 6.45) is 2.22. The van der Waals surface area contributed by atoms with Crippen LogP contribution in [0, 0.1) is 11.3 Å². The molecule has 1 fully saturated rings. The van der Waals surface area contributed by atoms with Crippen LogP contribution in [0.25, 0.3) is 0 Å². The Morgan fingerprint density at radius 1 is 1.23 bits per heavy atom. The number of hydrogen-bond acceptors (Lipinski definition) is 2. The molecule has 1 heterocycles. The Labute approximate surface area is 82.1 Å². The molecule has 0 spiro atoms. The summed E-state index contributed by atoms with van der Waals surface area (Å²) >= 11 is 0. The zero-order valence-corrected chi connectivity index (χ0v) is 9.30. The van der Waals surface area contributed by atoms with Crippen molar-refractivity contribution in [1.29, 1.82) is 0 Å². The van der Waals surface area contributed by atoms with Gasteiger partial charge in [-0.25, -0.2) is 0 Å². The molecule has 76 valence electrons. The van der Waals surface area contributed by atoms with Crippen LogP contribution in [0.15, 0.2) is 0 Å². The van der Waals surface area contributed by atoms with Crippen molar-refractivity contribution >= 4 is 7.12 Å². The zero-order chi connectivity index (χ0) is 9.90. The van der Waals surface area contributed by atoms with Crippen molar-refractivity contribution in [2.45, 2.75) is 40.4 Å². The van der Waals surface area contributed by atoms with Crippen LogP contribution < -0.4 is 0 Å². The Bertz CT molecular complexity index is 144. The van der Waals surface area contributed by atoms with Crippen molar-refractivity contribution in [3.8, 4) is 0 Å². The fourth-order valence-corrected chi connectivity index (χ4v) is 1.36. The van der Waals surface area contributed by atoms with Gasteiger partial charge in [0.2, 0.25) is 0 Å². The molecule has 1 saturated heterocycles. The summed E-state index contributed by atoms with van der Waals surface area (Å²) in [7, 11) is 0.0513. The van der Waals surface area contributed by atoms with E-state index in [1.165, 1.54) is 6.42 Å². The smallest absolute Gasteiger partial charge is 0.410 e. The largest absolute Gasteiger partial charge is 0.456 e. The highest BCUT2D eigenvalue weighted by atomic mass is 16.6. The molecule has 0 N–H and O–H groups in total. The van der Waals surface area contributed by atoms with Crippen LogP contribution in [0.5, 0.6) is 0 Å². The lowest BCUT2D eigenvalue weighted by Crippen LogP contribution is -2.40. The summed E-state index contributed by atoms with van der Waals surface area (Å²) in [6, 6.07) is 0. The molecule has 0 bridgehead atoms. The first-order valence-corrected chi connectivity index (χ1v) is 5.23. The Morgan fingerprint density at radius 3 is 2.23 bits per heavy atom. The monoisotopic (exact) mass is 184 g/mol. The predicted octanol–water partition coefficient (Wildman–Crippen LogP) is 2.59. The molecule has 13 heavy (non-hydrogen) atoms. The molecule has 0 aromatic carbocycles. The van der Waals surface area contributed by atoms with Crippen LogP contribution in [-0.4, -0.2) is 20.3 Å². The molecule has 1 aliphatic heterocycles. The predicted molar refractivity (Wildman–Crippen MR) is 55.7 cm³/mol. The van der Waals surface area contributed by atoms with E-state index in [0.29, 0.717) is 0 Å². The topological polar surface area (TPSA) is 18.5 Å². The molecule has 0 aliphatic carbocycles. The van der Waals surface area contributed by atoms with Gasteiger partial charge < -0.3 is 9.31 Å². The molecule has 3 heteroatoms. The first kappa shape index (κ1) is 11.1. The number of hydrogen-bond donors (Lipinski definition) is 0. The maximum atomic E-state index is 5.62. The second kappa shape index (κ2) is 4.47. The van der Waals surface area contributed by atoms with Crippen LogP contribution in [-0.2, 0) is 9.31 Å². The second-order valence-corrected chi connectivity index (χ2v) is 5.19. The van der Waals surface area contributed by atoms with E-state index in [-0.39, 0.29) is 12.5 Å². The minimum atomic E-state index is 0.0513. The minimum absolute atomic E-state index is 0.0513. The molecule has 1 rings (SSSR count). The van der Waals surface area contributed by atoms with Crippen molar-refractivity contribution in [3.05, 3.63) is 0 Å². The maximum absolute atomic E-state index is 5.62. The van der Waals surface area contributed by atoms with Crippen LogP contribution in [0.1, 0.15) is 34.1 Å². The molecule has 0 radical (unpaired) electrons. The maximum Gasteiger partial charge on any atom is 0.456 e. The van der Waals surface area contributed by atoms with Gasteiger partial charge in [-0.3, -0.25) is 0 Å². The van der Waals surface area contributed by atoms with Gasteiger partial charge in [0.05, 0.1) is 0 Å². The molecule has 0 aromatic heterocycles. The van der Waals surface area contributed by atoms with E-state index in [0.717, 1.165) is 25.5 Å². The van der Waals surface area contributed by atoms with E-state index < -0.39 is 0 Å². The van der Waals surface area contributed by atoms with Gasteiger partial charge in [0.1, 0.15) is 0 Å². The lowest BCUT2D eigenvalue weighted by atomic mass is 9.77. The van der Waals surface area contributed by atoms with E-state index in [1.54, 1.807) is 0 Å². The number of rotatable bonds is 3. The molecular weight excluding hydrogens is 163 g/mol. The van der Waals surface area contributed by atoms with Crippen LogP contribution in [0.4, 0.5) is 0 Å². The lowest BCUT2D eigenvalue weighted by molar-refractivity contribution is 0.0277.